The zero-order valence-corrected chi connectivity index (χ0v) is 16.7. The molecule has 6 nitrogen and oxygen atoms in total. The van der Waals surface area contributed by atoms with E-state index in [9.17, 15) is 0 Å². The number of aromatic nitrogens is 2. The Morgan fingerprint density at radius 2 is 1.96 bits per heavy atom. The van der Waals surface area contributed by atoms with Crippen LogP contribution in [0.4, 0.5) is 0 Å². The van der Waals surface area contributed by atoms with Crippen LogP contribution < -0.4 is 10.6 Å². The van der Waals surface area contributed by atoms with E-state index in [2.05, 4.69) is 53.8 Å². The Bertz CT molecular complexity index is 654. The molecule has 0 bridgehead atoms. The van der Waals surface area contributed by atoms with Crippen molar-refractivity contribution in [3.05, 3.63) is 53.9 Å². The van der Waals surface area contributed by atoms with Crippen LogP contribution in [0.1, 0.15) is 44.2 Å². The van der Waals surface area contributed by atoms with Gasteiger partial charge in [0.2, 0.25) is 0 Å². The highest BCUT2D eigenvalue weighted by Crippen LogP contribution is 2.08. The first-order chi connectivity index (χ1) is 13.3. The lowest BCUT2D eigenvalue weighted by Gasteiger charge is -2.12. The van der Waals surface area contributed by atoms with Crippen LogP contribution in [0.2, 0.25) is 0 Å². The normalized spacial score (nSPS) is 11.6. The van der Waals surface area contributed by atoms with Crippen LogP contribution >= 0.6 is 0 Å². The van der Waals surface area contributed by atoms with Crippen molar-refractivity contribution in [1.29, 1.82) is 0 Å². The summed E-state index contributed by atoms with van der Waals surface area (Å²) in [5.41, 5.74) is 2.42. The second kappa shape index (κ2) is 12.9. The molecule has 148 valence electrons. The van der Waals surface area contributed by atoms with E-state index in [1.165, 1.54) is 17.5 Å². The molecule has 1 aromatic carbocycles. The molecule has 2 aromatic rings. The maximum Gasteiger partial charge on any atom is 0.191 e. The first kappa shape index (κ1) is 21.0. The quantitative estimate of drug-likeness (QED) is 0.342. The zero-order valence-electron chi connectivity index (χ0n) is 16.7. The van der Waals surface area contributed by atoms with E-state index in [4.69, 9.17) is 9.73 Å². The summed E-state index contributed by atoms with van der Waals surface area (Å²) in [6, 6.07) is 10.4. The van der Waals surface area contributed by atoms with Crippen LogP contribution in [-0.4, -0.2) is 42.0 Å². The van der Waals surface area contributed by atoms with Crippen molar-refractivity contribution >= 4 is 5.96 Å². The van der Waals surface area contributed by atoms with Gasteiger partial charge in [0.25, 0.3) is 0 Å². The lowest BCUT2D eigenvalue weighted by atomic mass is 10.1. The van der Waals surface area contributed by atoms with Gasteiger partial charge in [-0.1, -0.05) is 37.6 Å². The highest BCUT2D eigenvalue weighted by atomic mass is 16.5. The third-order valence-corrected chi connectivity index (χ3v) is 4.06. The standard InChI is InChI=1S/C21H33N5O/c1-3-5-14-27-15-8-11-23-21(22-4-2)24-17-19-9-6-10-20(16-19)18-26-13-7-12-25-26/h6-7,9-10,12-13,16H,3-5,8,11,14-15,17-18H2,1-2H3,(H2,22,23,24). The average Bonchev–Trinajstić information content (AvgIpc) is 3.18. The van der Waals surface area contributed by atoms with E-state index in [0.29, 0.717) is 6.54 Å². The summed E-state index contributed by atoms with van der Waals surface area (Å²) in [5, 5.41) is 10.9. The molecule has 27 heavy (non-hydrogen) atoms. The Morgan fingerprint density at radius 1 is 1.11 bits per heavy atom. The van der Waals surface area contributed by atoms with Gasteiger partial charge in [-0.25, -0.2) is 4.99 Å². The van der Waals surface area contributed by atoms with E-state index < -0.39 is 0 Å². The minimum atomic E-state index is 0.648. The third kappa shape index (κ3) is 8.73. The van der Waals surface area contributed by atoms with Crippen LogP contribution in [0.3, 0.4) is 0 Å². The van der Waals surface area contributed by atoms with E-state index in [1.54, 1.807) is 6.20 Å². The molecule has 0 radical (unpaired) electrons. The first-order valence-corrected chi connectivity index (χ1v) is 9.97. The fourth-order valence-electron chi connectivity index (χ4n) is 2.65. The topological polar surface area (TPSA) is 63.5 Å². The van der Waals surface area contributed by atoms with Crippen molar-refractivity contribution in [2.24, 2.45) is 4.99 Å². The van der Waals surface area contributed by atoms with Crippen molar-refractivity contribution in [2.75, 3.05) is 26.3 Å². The summed E-state index contributed by atoms with van der Waals surface area (Å²) in [5.74, 6) is 0.850. The number of benzene rings is 1. The molecule has 0 atom stereocenters. The van der Waals surface area contributed by atoms with Crippen LogP contribution in [0.15, 0.2) is 47.7 Å². The van der Waals surface area contributed by atoms with Crippen LogP contribution in [-0.2, 0) is 17.8 Å². The molecule has 0 aliphatic rings. The molecule has 0 unspecified atom stereocenters. The van der Waals surface area contributed by atoms with Crippen LogP contribution in [0.5, 0.6) is 0 Å². The van der Waals surface area contributed by atoms with Crippen molar-refractivity contribution in [2.45, 2.75) is 46.2 Å². The predicted molar refractivity (Wildman–Crippen MR) is 111 cm³/mol. The number of guanidine groups is 1. The Hall–Kier alpha value is -2.34. The average molecular weight is 372 g/mol. The minimum absolute atomic E-state index is 0.648. The second-order valence-electron chi connectivity index (χ2n) is 6.47. The van der Waals surface area contributed by atoms with Gasteiger partial charge < -0.3 is 15.4 Å². The summed E-state index contributed by atoms with van der Waals surface area (Å²) < 4.78 is 7.52. The lowest BCUT2D eigenvalue weighted by molar-refractivity contribution is 0.129. The molecular weight excluding hydrogens is 338 g/mol. The Morgan fingerprint density at radius 3 is 2.74 bits per heavy atom. The smallest absolute Gasteiger partial charge is 0.191 e. The van der Waals surface area contributed by atoms with E-state index in [0.717, 1.165) is 51.6 Å². The Balaban J connectivity index is 1.79. The summed E-state index contributed by atoms with van der Waals surface area (Å²) >= 11 is 0. The second-order valence-corrected chi connectivity index (χ2v) is 6.47. The molecule has 2 N–H and O–H groups in total. The summed E-state index contributed by atoms with van der Waals surface area (Å²) in [4.78, 5) is 4.70. The van der Waals surface area contributed by atoms with Crippen molar-refractivity contribution in [3.63, 3.8) is 0 Å². The summed E-state index contributed by atoms with van der Waals surface area (Å²) in [7, 11) is 0. The minimum Gasteiger partial charge on any atom is -0.381 e. The molecule has 0 aliphatic carbocycles. The molecule has 0 fully saturated rings. The van der Waals surface area contributed by atoms with Crippen LogP contribution in [0, 0.1) is 0 Å². The van der Waals surface area contributed by atoms with E-state index >= 15 is 0 Å². The number of nitrogens with one attached hydrogen (secondary N) is 2. The van der Waals surface area contributed by atoms with Gasteiger partial charge in [-0.2, -0.15) is 5.10 Å². The highest BCUT2D eigenvalue weighted by Gasteiger charge is 2.00. The largest absolute Gasteiger partial charge is 0.381 e. The molecule has 0 spiro atoms. The molecule has 0 aliphatic heterocycles. The third-order valence-electron chi connectivity index (χ3n) is 4.06. The zero-order chi connectivity index (χ0) is 19.2. The Labute approximate surface area is 163 Å². The maximum absolute atomic E-state index is 5.59. The van der Waals surface area contributed by atoms with Gasteiger partial charge >= 0.3 is 0 Å². The molecule has 0 saturated heterocycles. The van der Waals surface area contributed by atoms with Crippen LogP contribution in [0.25, 0.3) is 0 Å². The number of rotatable bonds is 12. The van der Waals surface area contributed by atoms with Gasteiger partial charge in [-0.3, -0.25) is 4.68 Å². The Kier molecular flexibility index (Phi) is 10.0. The van der Waals surface area contributed by atoms with Crippen molar-refractivity contribution in [3.8, 4) is 0 Å². The summed E-state index contributed by atoms with van der Waals surface area (Å²) in [6.07, 6.45) is 7.07. The summed E-state index contributed by atoms with van der Waals surface area (Å²) in [6.45, 7) is 9.04. The van der Waals surface area contributed by atoms with Gasteiger partial charge in [0.05, 0.1) is 13.1 Å². The molecular formula is C21H33N5O. The molecule has 0 saturated carbocycles. The number of hydrogen-bond donors (Lipinski definition) is 2. The van der Waals surface area contributed by atoms with Gasteiger partial charge in [-0.15, -0.1) is 0 Å². The first-order valence-electron chi connectivity index (χ1n) is 9.97. The SMILES string of the molecule is CCCCOCCCNC(=NCc1cccc(Cn2cccn2)c1)NCC. The number of aliphatic imine (C=N–C) groups is 1. The van der Waals surface area contributed by atoms with Gasteiger partial charge in [0.15, 0.2) is 5.96 Å². The number of nitrogens with zero attached hydrogens (tertiary/aromatic N) is 3. The lowest BCUT2D eigenvalue weighted by Crippen LogP contribution is -2.38. The molecule has 6 heteroatoms. The molecule has 1 aromatic heterocycles. The molecule has 2 rings (SSSR count). The maximum atomic E-state index is 5.59. The van der Waals surface area contributed by atoms with Gasteiger partial charge in [-0.05, 0) is 37.0 Å². The predicted octanol–water partition coefficient (Wildman–Crippen LogP) is 3.19. The number of unbranched alkanes of at least 4 members (excludes halogenated alkanes) is 1. The fraction of sp³-hybridized carbons (Fsp3) is 0.524. The number of ether oxygens (including phenoxy) is 1. The van der Waals surface area contributed by atoms with Crippen molar-refractivity contribution < 1.29 is 4.74 Å². The van der Waals surface area contributed by atoms with E-state index in [1.807, 2.05) is 16.9 Å². The van der Waals surface area contributed by atoms with Gasteiger partial charge in [0, 0.05) is 38.7 Å². The van der Waals surface area contributed by atoms with E-state index in [-0.39, 0.29) is 0 Å². The monoisotopic (exact) mass is 371 g/mol. The fourth-order valence-corrected chi connectivity index (χ4v) is 2.65. The molecule has 1 heterocycles. The van der Waals surface area contributed by atoms with Gasteiger partial charge in [0.1, 0.15) is 0 Å². The molecule has 0 amide bonds. The highest BCUT2D eigenvalue weighted by molar-refractivity contribution is 5.79. The number of hydrogen-bond acceptors (Lipinski definition) is 3. The van der Waals surface area contributed by atoms with Crippen molar-refractivity contribution in [1.82, 2.24) is 20.4 Å².